The van der Waals surface area contributed by atoms with Crippen LogP contribution in [0.4, 0.5) is 0 Å². The van der Waals surface area contributed by atoms with Crippen LogP contribution in [0.2, 0.25) is 0 Å². The number of ether oxygens (including phenoxy) is 3. The first-order valence-electron chi connectivity index (χ1n) is 13.5. The monoisotopic (exact) mass is 530 g/mol. The summed E-state index contributed by atoms with van der Waals surface area (Å²) >= 11 is 0. The first kappa shape index (κ1) is 25.8. The van der Waals surface area contributed by atoms with Crippen LogP contribution in [0.25, 0.3) is 21.5 Å². The fraction of sp³-hybridized carbons (Fsp3) is 0.200. The van der Waals surface area contributed by atoms with Gasteiger partial charge in [0.05, 0.1) is 17.2 Å². The highest BCUT2D eigenvalue weighted by molar-refractivity contribution is 5.98. The molecule has 5 aromatic rings. The Labute approximate surface area is 233 Å². The Balaban J connectivity index is 1.24. The van der Waals surface area contributed by atoms with Gasteiger partial charge in [-0.1, -0.05) is 71.8 Å². The molecule has 3 atom stereocenters. The second kappa shape index (κ2) is 10.9. The number of esters is 2. The van der Waals surface area contributed by atoms with Crippen LogP contribution >= 0.6 is 0 Å². The van der Waals surface area contributed by atoms with E-state index in [4.69, 9.17) is 14.2 Å². The number of benzene rings is 5. The Morgan fingerprint density at radius 2 is 1.27 bits per heavy atom. The summed E-state index contributed by atoms with van der Waals surface area (Å²) in [6.45, 7) is 3.91. The molecule has 0 saturated carbocycles. The van der Waals surface area contributed by atoms with E-state index in [2.05, 4.69) is 42.5 Å². The molecule has 1 fully saturated rings. The van der Waals surface area contributed by atoms with E-state index in [0.717, 1.165) is 27.5 Å². The van der Waals surface area contributed by atoms with E-state index in [-0.39, 0.29) is 12.7 Å². The molecule has 0 radical (unpaired) electrons. The zero-order valence-corrected chi connectivity index (χ0v) is 22.5. The van der Waals surface area contributed by atoms with Crippen LogP contribution in [-0.4, -0.2) is 30.8 Å². The Bertz CT molecular complexity index is 1690. The van der Waals surface area contributed by atoms with E-state index in [1.807, 2.05) is 50.2 Å². The van der Waals surface area contributed by atoms with Crippen molar-refractivity contribution in [3.8, 4) is 0 Å². The molecule has 5 nitrogen and oxygen atoms in total. The van der Waals surface area contributed by atoms with Gasteiger partial charge < -0.3 is 14.2 Å². The summed E-state index contributed by atoms with van der Waals surface area (Å²) in [5, 5.41) is 4.62. The molecule has 5 aromatic carbocycles. The van der Waals surface area contributed by atoms with Gasteiger partial charge in [-0.25, -0.2) is 9.59 Å². The smallest absolute Gasteiger partial charge is 0.338 e. The maximum atomic E-state index is 13.0. The Kier molecular flexibility index (Phi) is 7.06. The van der Waals surface area contributed by atoms with E-state index < -0.39 is 24.1 Å². The van der Waals surface area contributed by atoms with E-state index in [1.54, 1.807) is 24.3 Å². The molecule has 0 aliphatic carbocycles. The summed E-state index contributed by atoms with van der Waals surface area (Å²) in [4.78, 5) is 25.7. The molecule has 0 unspecified atom stereocenters. The van der Waals surface area contributed by atoms with Crippen LogP contribution < -0.4 is 0 Å². The molecule has 0 aromatic heterocycles. The number of carbonyl (C=O) groups is 2. The molecule has 6 rings (SSSR count). The van der Waals surface area contributed by atoms with Gasteiger partial charge >= 0.3 is 11.9 Å². The maximum absolute atomic E-state index is 13.0. The number of aryl methyl sites for hydroxylation is 2. The predicted molar refractivity (Wildman–Crippen MR) is 156 cm³/mol. The molecule has 0 N–H and O–H groups in total. The fourth-order valence-corrected chi connectivity index (χ4v) is 5.19. The van der Waals surface area contributed by atoms with Crippen molar-refractivity contribution in [3.63, 3.8) is 0 Å². The highest BCUT2D eigenvalue weighted by atomic mass is 16.6. The average Bonchev–Trinajstić information content (AvgIpc) is 3.37. The Hall–Kier alpha value is -4.48. The molecule has 0 amide bonds. The van der Waals surface area contributed by atoms with E-state index in [0.29, 0.717) is 17.5 Å². The summed E-state index contributed by atoms with van der Waals surface area (Å²) in [6, 6.07) is 33.4. The van der Waals surface area contributed by atoms with Crippen molar-refractivity contribution in [2.75, 3.05) is 6.61 Å². The maximum Gasteiger partial charge on any atom is 0.338 e. The second-order valence-electron chi connectivity index (χ2n) is 10.5. The third-order valence-corrected chi connectivity index (χ3v) is 7.51. The molecule has 200 valence electrons. The van der Waals surface area contributed by atoms with Crippen molar-refractivity contribution < 1.29 is 23.8 Å². The van der Waals surface area contributed by atoms with E-state index in [1.165, 1.54) is 10.8 Å². The van der Waals surface area contributed by atoms with Crippen LogP contribution in [0, 0.1) is 13.8 Å². The SMILES string of the molecule is Cc1ccc(C(=O)OC[C@H]2O[C@@H](c3ccc4cc5ccccc5cc4c3)C[C@@H]2OC(=O)c2ccc(C)cc2)cc1. The standard InChI is InChI=1S/C35H30O5/c1-22-7-11-24(12-8-22)34(36)38-21-33-32(40-35(37)25-13-9-23(2)10-14-25)20-31(39-33)29-16-15-28-17-26-5-3-4-6-27(26)18-30(28)19-29/h3-19,31-33H,20-21H2,1-2H3/t31-,32+,33-/m1/s1. The van der Waals surface area contributed by atoms with Gasteiger partial charge in [-0.15, -0.1) is 0 Å². The van der Waals surface area contributed by atoms with E-state index in [9.17, 15) is 9.59 Å². The lowest BCUT2D eigenvalue weighted by Gasteiger charge is -2.19. The molecular formula is C35H30O5. The highest BCUT2D eigenvalue weighted by Gasteiger charge is 2.40. The second-order valence-corrected chi connectivity index (χ2v) is 10.5. The Morgan fingerprint density at radius 1 is 0.700 bits per heavy atom. The van der Waals surface area contributed by atoms with Crippen LogP contribution in [-0.2, 0) is 14.2 Å². The lowest BCUT2D eigenvalue weighted by atomic mass is 9.98. The molecule has 1 heterocycles. The van der Waals surface area contributed by atoms with Crippen molar-refractivity contribution in [3.05, 3.63) is 131 Å². The summed E-state index contributed by atoms with van der Waals surface area (Å²) in [7, 11) is 0. The van der Waals surface area contributed by atoms with Crippen molar-refractivity contribution in [2.45, 2.75) is 38.6 Å². The van der Waals surface area contributed by atoms with Gasteiger partial charge in [0.1, 0.15) is 18.8 Å². The zero-order valence-electron chi connectivity index (χ0n) is 22.5. The van der Waals surface area contributed by atoms with Crippen molar-refractivity contribution >= 4 is 33.5 Å². The topological polar surface area (TPSA) is 61.8 Å². The molecule has 0 spiro atoms. The first-order valence-corrected chi connectivity index (χ1v) is 13.5. The third kappa shape index (κ3) is 5.47. The Morgan fingerprint density at radius 3 is 1.93 bits per heavy atom. The van der Waals surface area contributed by atoms with Crippen LogP contribution in [0.1, 0.15) is 49.9 Å². The molecule has 40 heavy (non-hydrogen) atoms. The van der Waals surface area contributed by atoms with Crippen molar-refractivity contribution in [1.29, 1.82) is 0 Å². The number of carbonyl (C=O) groups excluding carboxylic acids is 2. The van der Waals surface area contributed by atoms with Gasteiger partial charge in [0, 0.05) is 6.42 Å². The predicted octanol–water partition coefficient (Wildman–Crippen LogP) is 7.52. The summed E-state index contributed by atoms with van der Waals surface area (Å²) in [6.07, 6.45) is -1.02. The van der Waals surface area contributed by atoms with Crippen LogP contribution in [0.3, 0.4) is 0 Å². The van der Waals surface area contributed by atoms with Gasteiger partial charge in [-0.3, -0.25) is 0 Å². The molecule has 1 saturated heterocycles. The van der Waals surface area contributed by atoms with Gasteiger partial charge in [-0.2, -0.15) is 0 Å². The summed E-state index contributed by atoms with van der Waals surface area (Å²) < 4.78 is 18.0. The molecule has 5 heteroatoms. The largest absolute Gasteiger partial charge is 0.459 e. The minimum absolute atomic E-state index is 0.0206. The highest BCUT2D eigenvalue weighted by Crippen LogP contribution is 2.37. The third-order valence-electron chi connectivity index (χ3n) is 7.51. The minimum atomic E-state index is -0.596. The number of hydrogen-bond acceptors (Lipinski definition) is 5. The molecular weight excluding hydrogens is 500 g/mol. The lowest BCUT2D eigenvalue weighted by Crippen LogP contribution is -2.32. The molecule has 1 aliphatic heterocycles. The molecule has 0 bridgehead atoms. The minimum Gasteiger partial charge on any atom is -0.459 e. The van der Waals surface area contributed by atoms with Gasteiger partial charge in [0.2, 0.25) is 0 Å². The van der Waals surface area contributed by atoms with Crippen LogP contribution in [0.5, 0.6) is 0 Å². The summed E-state index contributed by atoms with van der Waals surface area (Å²) in [5.41, 5.74) is 4.06. The van der Waals surface area contributed by atoms with Gasteiger partial charge in [-0.05, 0) is 83.4 Å². The lowest BCUT2D eigenvalue weighted by molar-refractivity contribution is -0.0427. The van der Waals surface area contributed by atoms with Crippen LogP contribution in [0.15, 0.2) is 103 Å². The first-order chi connectivity index (χ1) is 19.4. The van der Waals surface area contributed by atoms with E-state index >= 15 is 0 Å². The molecule has 1 aliphatic rings. The van der Waals surface area contributed by atoms with Gasteiger partial charge in [0.15, 0.2) is 0 Å². The normalized spacial score (nSPS) is 18.6. The number of rotatable bonds is 6. The number of fused-ring (bicyclic) bond motifs is 2. The quantitative estimate of drug-likeness (QED) is 0.168. The van der Waals surface area contributed by atoms with Crippen molar-refractivity contribution in [2.24, 2.45) is 0 Å². The summed E-state index contributed by atoms with van der Waals surface area (Å²) in [5.74, 6) is -0.859. The fourth-order valence-electron chi connectivity index (χ4n) is 5.19. The van der Waals surface area contributed by atoms with Gasteiger partial charge in [0.25, 0.3) is 0 Å². The number of hydrogen-bond donors (Lipinski definition) is 0. The van der Waals surface area contributed by atoms with Crippen molar-refractivity contribution in [1.82, 2.24) is 0 Å². The zero-order chi connectivity index (χ0) is 27.6. The average molecular weight is 531 g/mol.